The second kappa shape index (κ2) is 6.70. The van der Waals surface area contributed by atoms with Crippen LogP contribution in [0, 0.1) is 6.57 Å². The molecule has 3 nitrogen and oxygen atoms in total. The zero-order valence-corrected chi connectivity index (χ0v) is 11.2. The van der Waals surface area contributed by atoms with Gasteiger partial charge in [-0.1, -0.05) is 36.8 Å². The summed E-state index contributed by atoms with van der Waals surface area (Å²) in [6.07, 6.45) is 4.18. The third-order valence-corrected chi connectivity index (χ3v) is 3.95. The zero-order valence-electron chi connectivity index (χ0n) is 11.2. The number of benzene rings is 1. The van der Waals surface area contributed by atoms with E-state index in [4.69, 9.17) is 11.3 Å². The zero-order chi connectivity index (χ0) is 13.6. The molecule has 0 aliphatic heterocycles. The average molecular weight is 259 g/mol. The lowest BCUT2D eigenvalue weighted by atomic mass is 9.78. The fourth-order valence-corrected chi connectivity index (χ4v) is 2.70. The first-order chi connectivity index (χ1) is 9.27. The molecule has 0 heterocycles. The molecule has 3 heteroatoms. The highest BCUT2D eigenvalue weighted by molar-refractivity contribution is 5.13. The van der Waals surface area contributed by atoms with Gasteiger partial charge in [0.1, 0.15) is 0 Å². The molecule has 1 aromatic rings. The highest BCUT2D eigenvalue weighted by Gasteiger charge is 2.45. The summed E-state index contributed by atoms with van der Waals surface area (Å²) in [7, 11) is 0. The number of hydrogen-bond donors (Lipinski definition) is 1. The van der Waals surface area contributed by atoms with Crippen molar-refractivity contribution in [2.45, 2.75) is 50.4 Å². The van der Waals surface area contributed by atoms with Crippen molar-refractivity contribution in [2.24, 2.45) is 0 Å². The van der Waals surface area contributed by atoms with Crippen molar-refractivity contribution in [3.05, 3.63) is 47.3 Å². The van der Waals surface area contributed by atoms with Crippen molar-refractivity contribution in [3.8, 4) is 0 Å². The third-order valence-electron chi connectivity index (χ3n) is 3.95. The molecule has 0 amide bonds. The van der Waals surface area contributed by atoms with Crippen LogP contribution in [0.25, 0.3) is 4.85 Å². The van der Waals surface area contributed by atoms with Gasteiger partial charge in [-0.05, 0) is 18.4 Å². The Kier molecular flexibility index (Phi) is 4.95. The highest BCUT2D eigenvalue weighted by atomic mass is 16.5. The van der Waals surface area contributed by atoms with E-state index in [0.717, 1.165) is 31.2 Å². The van der Waals surface area contributed by atoms with E-state index in [1.807, 2.05) is 30.3 Å². The Morgan fingerprint density at radius 2 is 1.89 bits per heavy atom. The molecule has 1 atom stereocenters. The monoisotopic (exact) mass is 259 g/mol. The smallest absolute Gasteiger partial charge is 0.260 e. The first kappa shape index (κ1) is 14.0. The van der Waals surface area contributed by atoms with Crippen LogP contribution < -0.4 is 0 Å². The minimum absolute atomic E-state index is 0.247. The molecule has 1 aliphatic rings. The molecule has 1 saturated carbocycles. The lowest BCUT2D eigenvalue weighted by molar-refractivity contribution is -0.0115. The van der Waals surface area contributed by atoms with E-state index in [9.17, 15) is 5.11 Å². The summed E-state index contributed by atoms with van der Waals surface area (Å²) in [4.78, 5) is 3.72. The van der Waals surface area contributed by atoms with Crippen LogP contribution in [-0.2, 0) is 11.3 Å². The lowest BCUT2D eigenvalue weighted by Crippen LogP contribution is -2.43. The first-order valence-electron chi connectivity index (χ1n) is 6.95. The molecule has 1 unspecified atom stereocenters. The molecule has 0 radical (unpaired) electrons. The Balaban J connectivity index is 1.83. The van der Waals surface area contributed by atoms with Crippen LogP contribution in [0.1, 0.15) is 37.7 Å². The maximum atomic E-state index is 10.3. The van der Waals surface area contributed by atoms with Gasteiger partial charge in [-0.15, -0.1) is 0 Å². The molecule has 1 fully saturated rings. The fraction of sp³-hybridized carbons (Fsp3) is 0.562. The quantitative estimate of drug-likeness (QED) is 0.824. The van der Waals surface area contributed by atoms with Crippen LogP contribution in [0.5, 0.6) is 0 Å². The van der Waals surface area contributed by atoms with Crippen molar-refractivity contribution in [1.82, 2.24) is 0 Å². The normalized spacial score (nSPS) is 19.6. The average Bonchev–Trinajstić information content (AvgIpc) is 2.49. The maximum absolute atomic E-state index is 10.3. The first-order valence-corrected chi connectivity index (χ1v) is 6.95. The van der Waals surface area contributed by atoms with E-state index in [0.29, 0.717) is 6.61 Å². The van der Waals surface area contributed by atoms with E-state index in [1.54, 1.807) is 0 Å². The SMILES string of the molecule is [C-]#[N+]C1(C(O)COCc2ccccc2)CCCCC1. The van der Waals surface area contributed by atoms with Gasteiger partial charge in [0.15, 0.2) is 6.10 Å². The van der Waals surface area contributed by atoms with E-state index in [2.05, 4.69) is 4.85 Å². The Morgan fingerprint density at radius 1 is 1.21 bits per heavy atom. The van der Waals surface area contributed by atoms with Gasteiger partial charge in [0.25, 0.3) is 5.54 Å². The van der Waals surface area contributed by atoms with Crippen molar-refractivity contribution in [3.63, 3.8) is 0 Å². The molecule has 2 rings (SSSR count). The number of rotatable bonds is 5. The Hall–Kier alpha value is -1.37. The number of nitrogens with zero attached hydrogens (tertiary/aromatic N) is 1. The Morgan fingerprint density at radius 3 is 2.53 bits per heavy atom. The molecule has 0 spiro atoms. The van der Waals surface area contributed by atoms with Crippen molar-refractivity contribution >= 4 is 0 Å². The molecule has 1 N–H and O–H groups in total. The van der Waals surface area contributed by atoms with Crippen molar-refractivity contribution in [2.75, 3.05) is 6.61 Å². The predicted octanol–water partition coefficient (Wildman–Crippen LogP) is 3.19. The number of aliphatic hydroxyl groups is 1. The van der Waals surface area contributed by atoms with E-state index >= 15 is 0 Å². The van der Waals surface area contributed by atoms with E-state index in [1.165, 1.54) is 6.42 Å². The number of ether oxygens (including phenoxy) is 1. The van der Waals surface area contributed by atoms with E-state index < -0.39 is 11.6 Å². The van der Waals surface area contributed by atoms with Crippen LogP contribution in [0.15, 0.2) is 30.3 Å². The number of hydrogen-bond acceptors (Lipinski definition) is 2. The van der Waals surface area contributed by atoms with E-state index in [-0.39, 0.29) is 6.61 Å². The minimum atomic E-state index is -0.672. The highest BCUT2D eigenvalue weighted by Crippen LogP contribution is 2.35. The molecule has 1 aliphatic carbocycles. The van der Waals surface area contributed by atoms with Gasteiger partial charge in [-0.2, -0.15) is 0 Å². The van der Waals surface area contributed by atoms with Gasteiger partial charge in [-0.3, -0.25) is 0 Å². The van der Waals surface area contributed by atoms with Crippen molar-refractivity contribution in [1.29, 1.82) is 0 Å². The fourth-order valence-electron chi connectivity index (χ4n) is 2.70. The molecule has 0 aromatic heterocycles. The summed E-state index contributed by atoms with van der Waals surface area (Å²) in [5.74, 6) is 0. The summed E-state index contributed by atoms with van der Waals surface area (Å²) in [6.45, 7) is 8.12. The summed E-state index contributed by atoms with van der Waals surface area (Å²) in [5, 5.41) is 10.3. The Bertz CT molecular complexity index is 418. The molecule has 1 aromatic carbocycles. The van der Waals surface area contributed by atoms with Gasteiger partial charge < -0.3 is 14.7 Å². The molecule has 0 bridgehead atoms. The minimum Gasteiger partial charge on any atom is -0.382 e. The summed E-state index contributed by atoms with van der Waals surface area (Å²) in [5.41, 5.74) is 0.491. The summed E-state index contributed by atoms with van der Waals surface area (Å²) < 4.78 is 5.57. The third kappa shape index (κ3) is 3.56. The summed E-state index contributed by atoms with van der Waals surface area (Å²) >= 11 is 0. The van der Waals surface area contributed by atoms with Gasteiger partial charge in [0.05, 0.1) is 13.2 Å². The van der Waals surface area contributed by atoms with Gasteiger partial charge in [-0.25, -0.2) is 6.57 Å². The molecule has 0 saturated heterocycles. The topological polar surface area (TPSA) is 33.8 Å². The van der Waals surface area contributed by atoms with Crippen LogP contribution in [0.4, 0.5) is 0 Å². The Labute approximate surface area is 115 Å². The second-order valence-corrected chi connectivity index (χ2v) is 5.29. The largest absolute Gasteiger partial charge is 0.382 e. The van der Waals surface area contributed by atoms with Crippen LogP contribution in [-0.4, -0.2) is 23.4 Å². The van der Waals surface area contributed by atoms with Gasteiger partial charge >= 0.3 is 0 Å². The van der Waals surface area contributed by atoms with Crippen LogP contribution in [0.3, 0.4) is 0 Å². The van der Waals surface area contributed by atoms with Crippen LogP contribution in [0.2, 0.25) is 0 Å². The number of aliphatic hydroxyl groups excluding tert-OH is 1. The second-order valence-electron chi connectivity index (χ2n) is 5.29. The molecule has 102 valence electrons. The molecule has 19 heavy (non-hydrogen) atoms. The molecular formula is C16H21NO2. The van der Waals surface area contributed by atoms with Gasteiger partial charge in [0, 0.05) is 12.8 Å². The van der Waals surface area contributed by atoms with Crippen molar-refractivity contribution < 1.29 is 9.84 Å². The standard InChI is InChI=1S/C16H21NO2/c1-17-16(10-6-3-7-11-16)15(18)13-19-12-14-8-4-2-5-9-14/h2,4-5,8-9,15,18H,3,6-7,10-13H2. The van der Waals surface area contributed by atoms with Crippen LogP contribution >= 0.6 is 0 Å². The summed E-state index contributed by atoms with van der Waals surface area (Å²) in [6, 6.07) is 9.90. The predicted molar refractivity (Wildman–Crippen MR) is 74.5 cm³/mol. The van der Waals surface area contributed by atoms with Gasteiger partial charge in [0.2, 0.25) is 0 Å². The maximum Gasteiger partial charge on any atom is 0.260 e. The molecular weight excluding hydrogens is 238 g/mol. The lowest BCUT2D eigenvalue weighted by Gasteiger charge is -2.30.